The number of anilines is 1. The number of benzene rings is 2. The molecule has 0 atom stereocenters. The lowest BCUT2D eigenvalue weighted by Gasteiger charge is -2.17. The molecule has 0 spiro atoms. The maximum atomic E-state index is 12.1. The molecule has 2 aromatic rings. The molecule has 2 rings (SSSR count). The fraction of sp³-hybridized carbons (Fsp3) is 0.278. The van der Waals surface area contributed by atoms with E-state index in [9.17, 15) is 4.79 Å². The number of nitrogens with zero attached hydrogens (tertiary/aromatic N) is 1. The van der Waals surface area contributed by atoms with E-state index >= 15 is 0 Å². The van der Waals surface area contributed by atoms with Crippen LogP contribution in [0.25, 0.3) is 0 Å². The summed E-state index contributed by atoms with van der Waals surface area (Å²) >= 11 is 5.97. The highest BCUT2D eigenvalue weighted by molar-refractivity contribution is 6.30. The van der Waals surface area contributed by atoms with Gasteiger partial charge in [0.2, 0.25) is 5.91 Å². The molecule has 0 radical (unpaired) electrons. The second-order valence-corrected chi connectivity index (χ2v) is 6.09. The minimum absolute atomic E-state index is 0.0206. The first-order valence-corrected chi connectivity index (χ1v) is 7.62. The molecule has 0 unspecified atom stereocenters. The van der Waals surface area contributed by atoms with E-state index in [0.717, 1.165) is 11.3 Å². The Balaban J connectivity index is 1.89. The van der Waals surface area contributed by atoms with Crippen LogP contribution in [0.5, 0.6) is 0 Å². The minimum atomic E-state index is -0.0206. The Morgan fingerprint density at radius 3 is 2.59 bits per heavy atom. The quantitative estimate of drug-likeness (QED) is 0.903. The number of hydrogen-bond donors (Lipinski definition) is 1. The highest BCUT2D eigenvalue weighted by Crippen LogP contribution is 2.15. The van der Waals surface area contributed by atoms with Crippen LogP contribution < -0.4 is 5.32 Å². The van der Waals surface area contributed by atoms with E-state index in [4.69, 9.17) is 11.6 Å². The average Bonchev–Trinajstić information content (AvgIpc) is 2.42. The number of hydrogen-bond acceptors (Lipinski definition) is 2. The third kappa shape index (κ3) is 4.86. The lowest BCUT2D eigenvalue weighted by Crippen LogP contribution is -2.29. The van der Waals surface area contributed by atoms with Crippen LogP contribution in [0.1, 0.15) is 16.7 Å². The predicted molar refractivity (Wildman–Crippen MR) is 92.3 cm³/mol. The zero-order valence-electron chi connectivity index (χ0n) is 13.2. The molecule has 0 fully saturated rings. The van der Waals surface area contributed by atoms with Crippen molar-refractivity contribution >= 4 is 23.2 Å². The van der Waals surface area contributed by atoms with Gasteiger partial charge in [0, 0.05) is 17.3 Å². The Kier molecular flexibility index (Phi) is 5.58. The molecule has 22 heavy (non-hydrogen) atoms. The number of carbonyl (C=O) groups excluding carboxylic acids is 1. The Hall–Kier alpha value is -1.84. The van der Waals surface area contributed by atoms with E-state index in [1.807, 2.05) is 61.3 Å². The summed E-state index contributed by atoms with van der Waals surface area (Å²) in [6.45, 7) is 5.11. The molecule has 0 aliphatic heterocycles. The molecule has 2 aromatic carbocycles. The van der Waals surface area contributed by atoms with Crippen molar-refractivity contribution in [2.45, 2.75) is 20.4 Å². The van der Waals surface area contributed by atoms with Gasteiger partial charge in [-0.2, -0.15) is 0 Å². The third-order valence-electron chi connectivity index (χ3n) is 3.55. The van der Waals surface area contributed by atoms with Crippen LogP contribution in [0.15, 0.2) is 42.5 Å². The Labute approximate surface area is 136 Å². The van der Waals surface area contributed by atoms with Crippen molar-refractivity contribution in [3.63, 3.8) is 0 Å². The fourth-order valence-corrected chi connectivity index (χ4v) is 2.48. The molecule has 4 heteroatoms. The lowest BCUT2D eigenvalue weighted by atomic mass is 10.1. The zero-order valence-corrected chi connectivity index (χ0v) is 13.9. The van der Waals surface area contributed by atoms with Gasteiger partial charge in [0.05, 0.1) is 6.54 Å². The smallest absolute Gasteiger partial charge is 0.238 e. The molecule has 0 aliphatic rings. The Bertz CT molecular complexity index is 670. The Morgan fingerprint density at radius 1 is 1.14 bits per heavy atom. The SMILES string of the molecule is Cc1ccc(NC(=O)CN(C)Cc2cccc(Cl)c2)cc1C. The number of halogens is 1. The second kappa shape index (κ2) is 7.43. The predicted octanol–water partition coefficient (Wildman–Crippen LogP) is 4.03. The van der Waals surface area contributed by atoms with Crippen LogP contribution in [0.3, 0.4) is 0 Å². The molecule has 0 aliphatic carbocycles. The molecule has 0 heterocycles. The summed E-state index contributed by atoms with van der Waals surface area (Å²) in [5.74, 6) is -0.0206. The van der Waals surface area contributed by atoms with E-state index < -0.39 is 0 Å². The highest BCUT2D eigenvalue weighted by atomic mass is 35.5. The molecule has 1 amide bonds. The molecule has 1 N–H and O–H groups in total. The van der Waals surface area contributed by atoms with Crippen LogP contribution >= 0.6 is 11.6 Å². The van der Waals surface area contributed by atoms with Crippen molar-refractivity contribution in [3.05, 3.63) is 64.2 Å². The first-order chi connectivity index (χ1) is 10.4. The van der Waals surface area contributed by atoms with Crippen LogP contribution in [0, 0.1) is 13.8 Å². The third-order valence-corrected chi connectivity index (χ3v) is 3.78. The van der Waals surface area contributed by atoms with Crippen LogP contribution in [0.4, 0.5) is 5.69 Å². The van der Waals surface area contributed by atoms with Gasteiger partial charge >= 0.3 is 0 Å². The van der Waals surface area contributed by atoms with Crippen LogP contribution in [0.2, 0.25) is 5.02 Å². The monoisotopic (exact) mass is 316 g/mol. The number of amides is 1. The normalized spacial score (nSPS) is 10.8. The first-order valence-electron chi connectivity index (χ1n) is 7.24. The molecular weight excluding hydrogens is 296 g/mol. The van der Waals surface area contributed by atoms with E-state index in [-0.39, 0.29) is 5.91 Å². The largest absolute Gasteiger partial charge is 0.325 e. The maximum absolute atomic E-state index is 12.1. The van der Waals surface area contributed by atoms with Gasteiger partial charge in [-0.05, 0) is 61.9 Å². The summed E-state index contributed by atoms with van der Waals surface area (Å²) in [7, 11) is 1.92. The lowest BCUT2D eigenvalue weighted by molar-refractivity contribution is -0.117. The van der Waals surface area contributed by atoms with Gasteiger partial charge in [-0.25, -0.2) is 0 Å². The van der Waals surface area contributed by atoms with Crippen molar-refractivity contribution in [3.8, 4) is 0 Å². The number of likely N-dealkylation sites (N-methyl/N-ethyl adjacent to an activating group) is 1. The number of rotatable bonds is 5. The summed E-state index contributed by atoms with van der Waals surface area (Å²) < 4.78 is 0. The number of carbonyl (C=O) groups is 1. The molecular formula is C18H21ClN2O. The minimum Gasteiger partial charge on any atom is -0.325 e. The summed E-state index contributed by atoms with van der Waals surface area (Å²) in [6, 6.07) is 13.6. The number of nitrogens with one attached hydrogen (secondary N) is 1. The van der Waals surface area contributed by atoms with Gasteiger partial charge in [-0.1, -0.05) is 29.8 Å². The molecule has 0 saturated carbocycles. The molecule has 3 nitrogen and oxygen atoms in total. The van der Waals surface area contributed by atoms with Gasteiger partial charge in [-0.3, -0.25) is 9.69 Å². The summed E-state index contributed by atoms with van der Waals surface area (Å²) in [6.07, 6.45) is 0. The summed E-state index contributed by atoms with van der Waals surface area (Å²) in [5, 5.41) is 3.64. The molecule has 116 valence electrons. The van der Waals surface area contributed by atoms with E-state index in [2.05, 4.69) is 12.2 Å². The topological polar surface area (TPSA) is 32.3 Å². The molecule has 0 aromatic heterocycles. The van der Waals surface area contributed by atoms with E-state index in [1.165, 1.54) is 11.1 Å². The van der Waals surface area contributed by atoms with Gasteiger partial charge in [0.1, 0.15) is 0 Å². The van der Waals surface area contributed by atoms with Crippen LogP contribution in [-0.2, 0) is 11.3 Å². The van der Waals surface area contributed by atoms with E-state index in [1.54, 1.807) is 0 Å². The van der Waals surface area contributed by atoms with Crippen molar-refractivity contribution < 1.29 is 4.79 Å². The fourth-order valence-electron chi connectivity index (χ4n) is 2.27. The summed E-state index contributed by atoms with van der Waals surface area (Å²) in [5.41, 5.74) is 4.32. The summed E-state index contributed by atoms with van der Waals surface area (Å²) in [4.78, 5) is 14.1. The van der Waals surface area contributed by atoms with Crippen molar-refractivity contribution in [1.82, 2.24) is 4.90 Å². The zero-order chi connectivity index (χ0) is 16.1. The van der Waals surface area contributed by atoms with Crippen molar-refractivity contribution in [2.75, 3.05) is 18.9 Å². The number of aryl methyl sites for hydroxylation is 2. The van der Waals surface area contributed by atoms with Crippen molar-refractivity contribution in [1.29, 1.82) is 0 Å². The van der Waals surface area contributed by atoms with Crippen molar-refractivity contribution in [2.24, 2.45) is 0 Å². The van der Waals surface area contributed by atoms with Gasteiger partial charge < -0.3 is 5.32 Å². The second-order valence-electron chi connectivity index (χ2n) is 5.65. The molecule has 0 saturated heterocycles. The van der Waals surface area contributed by atoms with Gasteiger partial charge in [-0.15, -0.1) is 0 Å². The maximum Gasteiger partial charge on any atom is 0.238 e. The first kappa shape index (κ1) is 16.5. The average molecular weight is 317 g/mol. The van der Waals surface area contributed by atoms with Crippen LogP contribution in [-0.4, -0.2) is 24.4 Å². The van der Waals surface area contributed by atoms with Gasteiger partial charge in [0.25, 0.3) is 0 Å². The van der Waals surface area contributed by atoms with Gasteiger partial charge in [0.15, 0.2) is 0 Å². The molecule has 0 bridgehead atoms. The standard InChI is InChI=1S/C18H21ClN2O/c1-13-7-8-17(9-14(13)2)20-18(22)12-21(3)11-15-5-4-6-16(19)10-15/h4-10H,11-12H2,1-3H3,(H,20,22). The van der Waals surface area contributed by atoms with E-state index in [0.29, 0.717) is 18.1 Å². The highest BCUT2D eigenvalue weighted by Gasteiger charge is 2.08. The Morgan fingerprint density at radius 2 is 1.91 bits per heavy atom.